The van der Waals surface area contributed by atoms with Gasteiger partial charge in [0.15, 0.2) is 5.96 Å². The number of benzene rings is 1. The fourth-order valence-corrected chi connectivity index (χ4v) is 1.91. The highest BCUT2D eigenvalue weighted by Gasteiger charge is 2.07. The molecule has 0 aliphatic heterocycles. The molecule has 132 valence electrons. The van der Waals surface area contributed by atoms with E-state index in [4.69, 9.17) is 0 Å². The van der Waals surface area contributed by atoms with Gasteiger partial charge >= 0.3 is 5.97 Å². The zero-order valence-corrected chi connectivity index (χ0v) is 14.8. The van der Waals surface area contributed by atoms with Crippen molar-refractivity contribution in [3.63, 3.8) is 0 Å². The number of nitrogens with zero attached hydrogens (tertiary/aromatic N) is 2. The normalized spacial score (nSPS) is 10.9. The monoisotopic (exact) mass is 334 g/mol. The number of nitrogens with one attached hydrogen (secondary N) is 2. The van der Waals surface area contributed by atoms with Gasteiger partial charge in [-0.05, 0) is 24.6 Å². The smallest absolute Gasteiger partial charge is 0.307 e. The van der Waals surface area contributed by atoms with E-state index in [1.165, 1.54) is 7.11 Å². The highest BCUT2D eigenvalue weighted by molar-refractivity contribution is 5.93. The number of carbonyl (C=O) groups excluding carboxylic acids is 2. The van der Waals surface area contributed by atoms with Crippen molar-refractivity contribution in [1.82, 2.24) is 15.5 Å². The predicted molar refractivity (Wildman–Crippen MR) is 93.9 cm³/mol. The highest BCUT2D eigenvalue weighted by atomic mass is 16.5. The minimum atomic E-state index is -0.264. The van der Waals surface area contributed by atoms with Crippen molar-refractivity contribution in [3.8, 4) is 0 Å². The molecule has 1 aromatic rings. The minimum Gasteiger partial charge on any atom is -0.469 e. The predicted octanol–water partition coefficient (Wildman–Crippen LogP) is 1.01. The van der Waals surface area contributed by atoms with Gasteiger partial charge in [0.05, 0.1) is 20.1 Å². The lowest BCUT2D eigenvalue weighted by atomic mass is 10.1. The molecule has 0 heterocycles. The van der Waals surface area contributed by atoms with Gasteiger partial charge in [0.2, 0.25) is 0 Å². The van der Waals surface area contributed by atoms with Crippen LogP contribution < -0.4 is 10.6 Å². The van der Waals surface area contributed by atoms with Gasteiger partial charge in [0, 0.05) is 32.7 Å². The fourth-order valence-electron chi connectivity index (χ4n) is 1.91. The van der Waals surface area contributed by atoms with E-state index < -0.39 is 0 Å². The molecule has 1 aromatic carbocycles. The molecule has 1 rings (SSSR count). The van der Waals surface area contributed by atoms with Crippen LogP contribution in [-0.4, -0.2) is 57.0 Å². The molecule has 1 amide bonds. The molecule has 2 N–H and O–H groups in total. The summed E-state index contributed by atoms with van der Waals surface area (Å²) in [6, 6.07) is 7.37. The van der Waals surface area contributed by atoms with E-state index in [0.717, 1.165) is 12.1 Å². The maximum atomic E-state index is 11.8. The summed E-state index contributed by atoms with van der Waals surface area (Å²) in [6.45, 7) is 3.62. The lowest BCUT2D eigenvalue weighted by Crippen LogP contribution is -2.38. The summed E-state index contributed by atoms with van der Waals surface area (Å²) in [5.41, 5.74) is 1.64. The number of carbonyl (C=O) groups is 2. The Bertz CT molecular complexity index is 568. The quantitative estimate of drug-likeness (QED) is 0.442. The lowest BCUT2D eigenvalue weighted by molar-refractivity contribution is -0.140. The van der Waals surface area contributed by atoms with E-state index in [0.29, 0.717) is 24.6 Å². The molecule has 0 unspecified atom stereocenters. The van der Waals surface area contributed by atoms with E-state index in [1.54, 1.807) is 31.1 Å². The van der Waals surface area contributed by atoms with E-state index >= 15 is 0 Å². The van der Waals surface area contributed by atoms with E-state index in [-0.39, 0.29) is 18.3 Å². The first-order valence-corrected chi connectivity index (χ1v) is 7.87. The summed E-state index contributed by atoms with van der Waals surface area (Å²) >= 11 is 0. The zero-order chi connectivity index (χ0) is 17.9. The SMILES string of the molecule is CCNC(=NCc1ccc(C(=O)N(C)C)cc1)NCCC(=O)OC. The van der Waals surface area contributed by atoms with Gasteiger partial charge in [-0.25, -0.2) is 4.99 Å². The second-order valence-corrected chi connectivity index (χ2v) is 5.34. The Hall–Kier alpha value is -2.57. The zero-order valence-electron chi connectivity index (χ0n) is 14.8. The van der Waals surface area contributed by atoms with Gasteiger partial charge in [-0.2, -0.15) is 0 Å². The van der Waals surface area contributed by atoms with Crippen LogP contribution in [0.15, 0.2) is 29.3 Å². The lowest BCUT2D eigenvalue weighted by Gasteiger charge is -2.11. The summed E-state index contributed by atoms with van der Waals surface area (Å²) in [7, 11) is 4.82. The van der Waals surface area contributed by atoms with E-state index in [9.17, 15) is 9.59 Å². The van der Waals surface area contributed by atoms with Crippen molar-refractivity contribution in [3.05, 3.63) is 35.4 Å². The largest absolute Gasteiger partial charge is 0.469 e. The van der Waals surface area contributed by atoms with Gasteiger partial charge in [-0.1, -0.05) is 12.1 Å². The van der Waals surface area contributed by atoms with Crippen molar-refractivity contribution >= 4 is 17.8 Å². The van der Waals surface area contributed by atoms with Gasteiger partial charge in [0.1, 0.15) is 0 Å². The summed E-state index contributed by atoms with van der Waals surface area (Å²) in [4.78, 5) is 29.0. The topological polar surface area (TPSA) is 83.0 Å². The van der Waals surface area contributed by atoms with Crippen molar-refractivity contribution < 1.29 is 14.3 Å². The number of ether oxygens (including phenoxy) is 1. The molecular formula is C17H26N4O3. The van der Waals surface area contributed by atoms with Crippen molar-refractivity contribution in [2.24, 2.45) is 4.99 Å². The molecule has 0 saturated carbocycles. The van der Waals surface area contributed by atoms with Crippen molar-refractivity contribution in [2.75, 3.05) is 34.3 Å². The molecule has 7 nitrogen and oxygen atoms in total. The van der Waals surface area contributed by atoms with Crippen LogP contribution in [0, 0.1) is 0 Å². The third-order valence-electron chi connectivity index (χ3n) is 3.22. The van der Waals surface area contributed by atoms with E-state index in [1.807, 2.05) is 19.1 Å². The third-order valence-corrected chi connectivity index (χ3v) is 3.22. The molecule has 0 fully saturated rings. The van der Waals surface area contributed by atoms with Crippen LogP contribution in [0.4, 0.5) is 0 Å². The third kappa shape index (κ3) is 6.68. The summed E-state index contributed by atoms with van der Waals surface area (Å²) < 4.78 is 4.60. The first-order valence-electron chi connectivity index (χ1n) is 7.87. The summed E-state index contributed by atoms with van der Waals surface area (Å²) in [5.74, 6) is 0.345. The molecule has 0 bridgehead atoms. The molecule has 0 spiro atoms. The molecule has 0 aromatic heterocycles. The average Bonchev–Trinajstić information content (AvgIpc) is 2.59. The summed E-state index contributed by atoms with van der Waals surface area (Å²) in [6.07, 6.45) is 0.280. The molecule has 0 aliphatic rings. The van der Waals surface area contributed by atoms with Crippen LogP contribution in [0.2, 0.25) is 0 Å². The molecule has 0 radical (unpaired) electrons. The van der Waals surface area contributed by atoms with Crippen molar-refractivity contribution in [1.29, 1.82) is 0 Å². The molecule has 0 atom stereocenters. The Morgan fingerprint density at radius 2 is 1.83 bits per heavy atom. The number of hydrogen-bond donors (Lipinski definition) is 2. The van der Waals surface area contributed by atoms with Crippen LogP contribution in [0.1, 0.15) is 29.3 Å². The number of aliphatic imine (C=N–C) groups is 1. The minimum absolute atomic E-state index is 0.0251. The van der Waals surface area contributed by atoms with Gasteiger partial charge in [0.25, 0.3) is 5.91 Å². The number of rotatable bonds is 7. The summed E-state index contributed by atoms with van der Waals surface area (Å²) in [5, 5.41) is 6.19. The van der Waals surface area contributed by atoms with Crippen LogP contribution in [0.25, 0.3) is 0 Å². The highest BCUT2D eigenvalue weighted by Crippen LogP contribution is 2.07. The van der Waals surface area contributed by atoms with Gasteiger partial charge in [-0.3, -0.25) is 9.59 Å². The molecule has 0 saturated heterocycles. The van der Waals surface area contributed by atoms with Crippen LogP contribution in [0.3, 0.4) is 0 Å². The Labute approximate surface area is 143 Å². The van der Waals surface area contributed by atoms with Crippen LogP contribution >= 0.6 is 0 Å². The Kier molecular flexibility index (Phi) is 8.32. The number of methoxy groups -OCH3 is 1. The Morgan fingerprint density at radius 1 is 1.17 bits per heavy atom. The molecule has 7 heteroatoms. The molecule has 0 aliphatic carbocycles. The first-order chi connectivity index (χ1) is 11.5. The number of hydrogen-bond acceptors (Lipinski definition) is 4. The second kappa shape index (κ2) is 10.3. The van der Waals surface area contributed by atoms with Gasteiger partial charge in [-0.15, -0.1) is 0 Å². The van der Waals surface area contributed by atoms with Gasteiger partial charge < -0.3 is 20.3 Å². The average molecular weight is 334 g/mol. The first kappa shape index (κ1) is 19.5. The fraction of sp³-hybridized carbons (Fsp3) is 0.471. The molecular weight excluding hydrogens is 308 g/mol. The van der Waals surface area contributed by atoms with Crippen molar-refractivity contribution in [2.45, 2.75) is 19.9 Å². The maximum absolute atomic E-state index is 11.8. The number of guanidine groups is 1. The Balaban J connectivity index is 2.62. The number of esters is 1. The second-order valence-electron chi connectivity index (χ2n) is 5.34. The number of amides is 1. The maximum Gasteiger partial charge on any atom is 0.307 e. The Morgan fingerprint density at radius 3 is 2.38 bits per heavy atom. The van der Waals surface area contributed by atoms with Crippen LogP contribution in [-0.2, 0) is 16.1 Å². The molecule has 24 heavy (non-hydrogen) atoms. The van der Waals surface area contributed by atoms with E-state index in [2.05, 4.69) is 20.4 Å². The standard InChI is InChI=1S/C17H26N4O3/c1-5-18-17(19-11-10-15(22)24-4)20-12-13-6-8-14(9-7-13)16(23)21(2)3/h6-9H,5,10-12H2,1-4H3,(H2,18,19,20). The van der Waals surface area contributed by atoms with Crippen LogP contribution in [0.5, 0.6) is 0 Å².